The van der Waals surface area contributed by atoms with Crippen LogP contribution in [0.1, 0.15) is 0 Å². The van der Waals surface area contributed by atoms with Crippen LogP contribution in [0.3, 0.4) is 0 Å². The quantitative estimate of drug-likeness (QED) is 0.243. The number of hydrogen-bond donors (Lipinski definition) is 0. The largest absolute Gasteiger partial charge is 0.455 e. The molecular weight excluding hydrogens is 476 g/mol. The SMILES string of the molecule is c1cncc(-c2cccc(-c3ccc(-c4oc5ccccc5c5nc6ccccc6c4-5)c4ccccc34)c2)c1. The summed E-state index contributed by atoms with van der Waals surface area (Å²) >= 11 is 0. The molecule has 2 aliphatic rings. The first-order chi connectivity index (χ1) is 19.3. The third-order valence-corrected chi connectivity index (χ3v) is 7.56. The fourth-order valence-electron chi connectivity index (χ4n) is 5.76. The molecule has 0 atom stereocenters. The molecule has 0 bridgehead atoms. The lowest BCUT2D eigenvalue weighted by atomic mass is 9.91. The molecule has 39 heavy (non-hydrogen) atoms. The van der Waals surface area contributed by atoms with Gasteiger partial charge in [0, 0.05) is 34.3 Å². The Morgan fingerprint density at radius 2 is 1.21 bits per heavy atom. The van der Waals surface area contributed by atoms with Crippen molar-refractivity contribution in [3.8, 4) is 44.8 Å². The fourth-order valence-corrected chi connectivity index (χ4v) is 5.76. The minimum Gasteiger partial charge on any atom is -0.455 e. The van der Waals surface area contributed by atoms with E-state index in [-0.39, 0.29) is 0 Å². The highest BCUT2D eigenvalue weighted by Crippen LogP contribution is 2.46. The van der Waals surface area contributed by atoms with Crippen molar-refractivity contribution in [2.45, 2.75) is 0 Å². The van der Waals surface area contributed by atoms with E-state index in [0.717, 1.165) is 61.0 Å². The number of benzene rings is 5. The summed E-state index contributed by atoms with van der Waals surface area (Å²) < 4.78 is 6.71. The van der Waals surface area contributed by atoms with Crippen molar-refractivity contribution in [1.82, 2.24) is 9.97 Å². The van der Waals surface area contributed by atoms with Crippen molar-refractivity contribution in [3.63, 3.8) is 0 Å². The highest BCUT2D eigenvalue weighted by Gasteiger charge is 2.24. The average Bonchev–Trinajstić information content (AvgIpc) is 3.41. The highest BCUT2D eigenvalue weighted by molar-refractivity contribution is 6.14. The van der Waals surface area contributed by atoms with Crippen LogP contribution >= 0.6 is 0 Å². The van der Waals surface area contributed by atoms with E-state index in [1.165, 1.54) is 16.5 Å². The number of fused-ring (bicyclic) bond motifs is 6. The number of aromatic nitrogens is 2. The van der Waals surface area contributed by atoms with Gasteiger partial charge in [0.05, 0.1) is 16.8 Å². The van der Waals surface area contributed by atoms with Crippen LogP contribution in [0.15, 0.2) is 138 Å². The predicted octanol–water partition coefficient (Wildman–Crippen LogP) is 9.63. The summed E-state index contributed by atoms with van der Waals surface area (Å²) in [6.07, 6.45) is 3.71. The van der Waals surface area contributed by atoms with Gasteiger partial charge in [-0.1, -0.05) is 84.9 Å². The predicted molar refractivity (Wildman–Crippen MR) is 160 cm³/mol. The van der Waals surface area contributed by atoms with Crippen LogP contribution < -0.4 is 0 Å². The number of hydrogen-bond acceptors (Lipinski definition) is 3. The summed E-state index contributed by atoms with van der Waals surface area (Å²) in [5, 5.41) is 4.46. The zero-order chi connectivity index (χ0) is 25.8. The van der Waals surface area contributed by atoms with E-state index in [1.54, 1.807) is 6.20 Å². The smallest absolute Gasteiger partial charge is 0.145 e. The maximum atomic E-state index is 6.71. The van der Waals surface area contributed by atoms with Gasteiger partial charge in [-0.3, -0.25) is 4.98 Å². The van der Waals surface area contributed by atoms with Gasteiger partial charge in [0.1, 0.15) is 11.3 Å². The Hall–Kier alpha value is -5.28. The Labute approximate surface area is 225 Å². The molecule has 0 fully saturated rings. The standard InChI is InChI=1S/C36H22N2O/c1-2-13-28-27(12-1)26(24-10-7-9-23(21-24)25-11-8-20-37-22-25)18-19-29(28)36-34-30-14-3-5-16-32(30)38-35(34)31-15-4-6-17-33(31)39-36/h1-22H. The van der Waals surface area contributed by atoms with Crippen LogP contribution in [0.25, 0.3) is 77.5 Å². The van der Waals surface area contributed by atoms with E-state index in [0.29, 0.717) is 0 Å². The first-order valence-corrected chi connectivity index (χ1v) is 13.1. The second-order valence-corrected chi connectivity index (χ2v) is 9.81. The Kier molecular flexibility index (Phi) is 4.82. The van der Waals surface area contributed by atoms with Gasteiger partial charge in [-0.25, -0.2) is 4.98 Å². The van der Waals surface area contributed by atoms with E-state index in [9.17, 15) is 0 Å². The van der Waals surface area contributed by atoms with Crippen LogP contribution in [0.2, 0.25) is 0 Å². The van der Waals surface area contributed by atoms with E-state index in [1.807, 2.05) is 36.5 Å². The summed E-state index contributed by atoms with van der Waals surface area (Å²) in [5.74, 6) is 0.851. The van der Waals surface area contributed by atoms with Gasteiger partial charge in [0.2, 0.25) is 0 Å². The normalized spacial score (nSPS) is 11.6. The molecule has 2 aliphatic heterocycles. The summed E-state index contributed by atoms with van der Waals surface area (Å²) in [6, 6.07) is 42.2. The van der Waals surface area contributed by atoms with Gasteiger partial charge in [-0.2, -0.15) is 0 Å². The molecule has 3 nitrogen and oxygen atoms in total. The number of rotatable bonds is 3. The zero-order valence-electron chi connectivity index (χ0n) is 21.0. The van der Waals surface area contributed by atoms with Crippen molar-refractivity contribution < 1.29 is 4.42 Å². The topological polar surface area (TPSA) is 38.9 Å². The maximum absolute atomic E-state index is 6.71. The van der Waals surface area contributed by atoms with E-state index < -0.39 is 0 Å². The summed E-state index contributed by atoms with van der Waals surface area (Å²) in [5.41, 5.74) is 9.51. The fraction of sp³-hybridized carbons (Fsp3) is 0. The molecule has 0 unspecified atom stereocenters. The molecule has 1 aromatic heterocycles. The lowest BCUT2D eigenvalue weighted by Gasteiger charge is -2.15. The third kappa shape index (κ3) is 3.44. The molecule has 3 heteroatoms. The highest BCUT2D eigenvalue weighted by atomic mass is 16.3. The molecule has 3 heterocycles. The lowest BCUT2D eigenvalue weighted by Crippen LogP contribution is -1.91. The molecule has 6 aromatic rings. The second kappa shape index (κ2) is 8.64. The van der Waals surface area contributed by atoms with E-state index in [4.69, 9.17) is 9.40 Å². The second-order valence-electron chi connectivity index (χ2n) is 9.81. The van der Waals surface area contributed by atoms with Gasteiger partial charge in [0.15, 0.2) is 0 Å². The van der Waals surface area contributed by atoms with Crippen LogP contribution in [-0.4, -0.2) is 9.97 Å². The Bertz CT molecular complexity index is 2120. The Morgan fingerprint density at radius 1 is 0.513 bits per heavy atom. The van der Waals surface area contributed by atoms with Gasteiger partial charge in [0.25, 0.3) is 0 Å². The first-order valence-electron chi connectivity index (χ1n) is 13.1. The van der Waals surface area contributed by atoms with Crippen LogP contribution in [0, 0.1) is 0 Å². The van der Waals surface area contributed by atoms with Crippen LogP contribution in [-0.2, 0) is 0 Å². The molecule has 5 aromatic carbocycles. The van der Waals surface area contributed by atoms with E-state index in [2.05, 4.69) is 96.0 Å². The monoisotopic (exact) mass is 498 g/mol. The van der Waals surface area contributed by atoms with Crippen molar-refractivity contribution in [1.29, 1.82) is 0 Å². The number of para-hydroxylation sites is 2. The molecule has 182 valence electrons. The maximum Gasteiger partial charge on any atom is 0.145 e. The van der Waals surface area contributed by atoms with Crippen molar-refractivity contribution in [2.24, 2.45) is 0 Å². The molecule has 8 rings (SSSR count). The average molecular weight is 499 g/mol. The van der Waals surface area contributed by atoms with Crippen molar-refractivity contribution in [3.05, 3.63) is 134 Å². The molecule has 0 radical (unpaired) electrons. The molecule has 0 spiro atoms. The number of nitrogens with zero attached hydrogens (tertiary/aromatic N) is 2. The summed E-state index contributed by atoms with van der Waals surface area (Å²) in [6.45, 7) is 0. The summed E-state index contributed by atoms with van der Waals surface area (Å²) in [7, 11) is 0. The minimum absolute atomic E-state index is 0.833. The van der Waals surface area contributed by atoms with Crippen molar-refractivity contribution >= 4 is 32.6 Å². The molecule has 0 aliphatic carbocycles. The van der Waals surface area contributed by atoms with Gasteiger partial charge in [-0.15, -0.1) is 0 Å². The van der Waals surface area contributed by atoms with E-state index >= 15 is 0 Å². The molecule has 0 saturated carbocycles. The minimum atomic E-state index is 0.833. The van der Waals surface area contributed by atoms with Crippen molar-refractivity contribution in [2.75, 3.05) is 0 Å². The van der Waals surface area contributed by atoms with Gasteiger partial charge >= 0.3 is 0 Å². The zero-order valence-corrected chi connectivity index (χ0v) is 21.0. The Morgan fingerprint density at radius 3 is 2.05 bits per heavy atom. The van der Waals surface area contributed by atoms with Crippen LogP contribution in [0.4, 0.5) is 0 Å². The number of pyridine rings is 1. The van der Waals surface area contributed by atoms with Gasteiger partial charge in [-0.05, 0) is 63.9 Å². The van der Waals surface area contributed by atoms with Gasteiger partial charge < -0.3 is 4.42 Å². The molecular formula is C36H22N2O. The molecule has 0 amide bonds. The lowest BCUT2D eigenvalue weighted by molar-refractivity contribution is 0.622. The first kappa shape index (κ1) is 21.8. The molecule has 0 N–H and O–H groups in total. The Balaban J connectivity index is 1.40. The molecule has 0 saturated heterocycles. The van der Waals surface area contributed by atoms with Crippen LogP contribution in [0.5, 0.6) is 0 Å². The third-order valence-electron chi connectivity index (χ3n) is 7.56. The summed E-state index contributed by atoms with van der Waals surface area (Å²) in [4.78, 5) is 9.35.